The van der Waals surface area contributed by atoms with Crippen LogP contribution in [0.5, 0.6) is 5.75 Å². The molecule has 0 spiro atoms. The van der Waals surface area contributed by atoms with E-state index in [-0.39, 0.29) is 41.1 Å². The van der Waals surface area contributed by atoms with E-state index in [0.29, 0.717) is 0 Å². The Morgan fingerprint density at radius 3 is 2.30 bits per heavy atom. The first-order valence-electron chi connectivity index (χ1n) is 5.26. The minimum atomic E-state index is -1.80. The maximum Gasteiger partial charge on any atom is 2.00 e. The third-order valence-electron chi connectivity index (χ3n) is 2.03. The first-order valence-corrected chi connectivity index (χ1v) is 5.26. The summed E-state index contributed by atoms with van der Waals surface area (Å²) in [5, 5.41) is 19.3. The predicted molar refractivity (Wildman–Crippen MR) is 67.5 cm³/mol. The molecule has 0 aliphatic rings. The van der Waals surface area contributed by atoms with Gasteiger partial charge >= 0.3 is 35.0 Å². The maximum atomic E-state index is 11.3. The van der Waals surface area contributed by atoms with Gasteiger partial charge < -0.3 is 14.6 Å². The van der Waals surface area contributed by atoms with E-state index in [1.54, 1.807) is 0 Å². The molecule has 0 amide bonds. The number of aliphatic carboxylic acids is 1. The number of nitrogens with zero attached hydrogens (tertiary/aromatic N) is 1. The van der Waals surface area contributed by atoms with E-state index in [4.69, 9.17) is 9.84 Å². The fourth-order valence-corrected chi connectivity index (χ4v) is 1.20. The van der Waals surface area contributed by atoms with Crippen molar-refractivity contribution >= 4 is 40.7 Å². The number of carbonyl (C=O) groups is 2. The molecule has 0 saturated heterocycles. The Hall–Kier alpha value is -1.87. The number of hydrogen-bond donors (Lipinski definition) is 1. The van der Waals surface area contributed by atoms with Crippen molar-refractivity contribution in [3.63, 3.8) is 0 Å². The van der Waals surface area contributed by atoms with Crippen LogP contribution in [0.1, 0.15) is 6.92 Å². The summed E-state index contributed by atoms with van der Waals surface area (Å²) in [5.41, 5.74) is -0.171. The summed E-state index contributed by atoms with van der Waals surface area (Å²) in [6.07, 6.45) is -1.80. The summed E-state index contributed by atoms with van der Waals surface area (Å²) in [6, 6.07) is 4.68. The monoisotopic (exact) mass is 293 g/mol. The van der Waals surface area contributed by atoms with Crippen LogP contribution in [0.25, 0.3) is 0 Å². The van der Waals surface area contributed by atoms with E-state index in [0.717, 1.165) is 12.1 Å². The fraction of sp³-hybridized carbons (Fsp3) is 0.273. The Balaban J connectivity index is 0.00000361. The van der Waals surface area contributed by atoms with Gasteiger partial charge in [0.25, 0.3) is 11.8 Å². The molecule has 1 atom stereocenters. The molecular weight excluding hydrogens is 282 g/mol. The minimum Gasteiger partial charge on any atom is -0.478 e. The van der Waals surface area contributed by atoms with Crippen molar-refractivity contribution < 1.29 is 29.1 Å². The van der Waals surface area contributed by atoms with Crippen LogP contribution < -0.4 is 4.74 Å². The second-order valence-electron chi connectivity index (χ2n) is 3.34. The summed E-state index contributed by atoms with van der Waals surface area (Å²) >= 11 is 0. The molecule has 0 saturated carbocycles. The molecule has 9 heteroatoms. The second kappa shape index (κ2) is 8.33. The van der Waals surface area contributed by atoms with E-state index < -0.39 is 23.0 Å². The largest absolute Gasteiger partial charge is 2.00 e. The van der Waals surface area contributed by atoms with Crippen molar-refractivity contribution in [3.05, 3.63) is 34.4 Å². The number of rotatable bonds is 6. The second-order valence-corrected chi connectivity index (χ2v) is 3.34. The molecule has 0 fully saturated rings. The average molecular weight is 294 g/mol. The van der Waals surface area contributed by atoms with Crippen molar-refractivity contribution in [2.24, 2.45) is 0 Å². The van der Waals surface area contributed by atoms with Crippen molar-refractivity contribution in [2.45, 2.75) is 13.0 Å². The normalized spacial score (nSPS) is 10.8. The molecule has 0 aliphatic carbocycles. The Morgan fingerprint density at radius 2 is 1.90 bits per heavy atom. The SMILES string of the molecule is CCOC(=O)C(Oc1ccc([N+](=O)[O-])cc1)C(=O)O.[Mg+2]. The van der Waals surface area contributed by atoms with Crippen molar-refractivity contribution in [1.82, 2.24) is 0 Å². The van der Waals surface area contributed by atoms with E-state index >= 15 is 0 Å². The molecule has 0 aliphatic heterocycles. The van der Waals surface area contributed by atoms with Gasteiger partial charge in [-0.3, -0.25) is 10.1 Å². The number of nitro groups is 1. The summed E-state index contributed by atoms with van der Waals surface area (Å²) in [5.74, 6) is -2.52. The van der Waals surface area contributed by atoms with Gasteiger partial charge in [-0.15, -0.1) is 0 Å². The van der Waals surface area contributed by atoms with Crippen molar-refractivity contribution in [3.8, 4) is 5.75 Å². The molecule has 0 radical (unpaired) electrons. The van der Waals surface area contributed by atoms with E-state index in [1.165, 1.54) is 19.1 Å². The quantitative estimate of drug-likeness (QED) is 0.268. The molecule has 1 unspecified atom stereocenters. The molecule has 8 nitrogen and oxygen atoms in total. The van der Waals surface area contributed by atoms with Crippen LogP contribution in [0.2, 0.25) is 0 Å². The third-order valence-corrected chi connectivity index (χ3v) is 2.03. The number of non-ortho nitro benzene ring substituents is 1. The average Bonchev–Trinajstić information content (AvgIpc) is 2.36. The number of nitro benzene ring substituents is 1. The number of benzene rings is 1. The molecule has 1 rings (SSSR count). The Morgan fingerprint density at radius 1 is 1.35 bits per heavy atom. The van der Waals surface area contributed by atoms with E-state index in [9.17, 15) is 19.7 Å². The van der Waals surface area contributed by atoms with Crippen LogP contribution in [-0.2, 0) is 14.3 Å². The topological polar surface area (TPSA) is 116 Å². The number of carboxylic acid groups (broad SMARTS) is 1. The Bertz CT molecular complexity index is 488. The number of carbonyl (C=O) groups excluding carboxylic acids is 1. The van der Waals surface area contributed by atoms with Gasteiger partial charge in [-0.25, -0.2) is 9.59 Å². The van der Waals surface area contributed by atoms with Crippen LogP contribution >= 0.6 is 0 Å². The molecule has 1 N–H and O–H groups in total. The van der Waals surface area contributed by atoms with Crippen molar-refractivity contribution in [2.75, 3.05) is 6.61 Å². The molecule has 1 aromatic rings. The first kappa shape index (κ1) is 18.1. The zero-order chi connectivity index (χ0) is 14.4. The third kappa shape index (κ3) is 5.01. The predicted octanol–water partition coefficient (Wildman–Crippen LogP) is 0.609. The molecule has 1 aromatic carbocycles. The molecule has 0 heterocycles. The van der Waals surface area contributed by atoms with E-state index in [1.807, 2.05) is 0 Å². The number of ether oxygens (including phenoxy) is 2. The number of hydrogen-bond acceptors (Lipinski definition) is 6. The van der Waals surface area contributed by atoms with Gasteiger partial charge in [-0.1, -0.05) is 0 Å². The van der Waals surface area contributed by atoms with Crippen LogP contribution in [0.3, 0.4) is 0 Å². The molecule has 20 heavy (non-hydrogen) atoms. The standard InChI is InChI=1S/C11H11NO7.Mg/c1-2-18-11(15)9(10(13)14)19-8-5-3-7(4-6-8)12(16)17;/h3-6,9H,2H2,1H3,(H,13,14);/q;+2. The maximum absolute atomic E-state index is 11.3. The molecule has 0 aromatic heterocycles. The van der Waals surface area contributed by atoms with Crippen LogP contribution in [0.15, 0.2) is 24.3 Å². The van der Waals surface area contributed by atoms with Gasteiger partial charge in [0, 0.05) is 12.1 Å². The summed E-state index contributed by atoms with van der Waals surface area (Å²) < 4.78 is 9.47. The molecule has 102 valence electrons. The summed E-state index contributed by atoms with van der Waals surface area (Å²) in [6.45, 7) is 1.55. The van der Waals surface area contributed by atoms with Crippen LogP contribution in [0.4, 0.5) is 5.69 Å². The van der Waals surface area contributed by atoms with Gasteiger partial charge in [0.2, 0.25) is 0 Å². The number of carboxylic acids is 1. The van der Waals surface area contributed by atoms with E-state index in [2.05, 4.69) is 4.74 Å². The Kier molecular flexibility index (Phi) is 7.55. The fourth-order valence-electron chi connectivity index (χ4n) is 1.20. The molecular formula is C11H11MgNO7+2. The first-order chi connectivity index (χ1) is 8.95. The number of esters is 1. The molecule has 0 bridgehead atoms. The summed E-state index contributed by atoms with van der Waals surface area (Å²) in [7, 11) is 0. The smallest absolute Gasteiger partial charge is 0.478 e. The van der Waals surface area contributed by atoms with Crippen LogP contribution in [0, 0.1) is 10.1 Å². The zero-order valence-corrected chi connectivity index (χ0v) is 12.1. The van der Waals surface area contributed by atoms with Gasteiger partial charge in [0.05, 0.1) is 11.5 Å². The van der Waals surface area contributed by atoms with Crippen molar-refractivity contribution in [1.29, 1.82) is 0 Å². The summed E-state index contributed by atoms with van der Waals surface area (Å²) in [4.78, 5) is 32.0. The van der Waals surface area contributed by atoms with Gasteiger partial charge in [-0.2, -0.15) is 0 Å². The van der Waals surface area contributed by atoms with Gasteiger partial charge in [0.15, 0.2) is 0 Å². The van der Waals surface area contributed by atoms with Crippen LogP contribution in [-0.4, -0.2) is 57.7 Å². The Labute approximate surface area is 130 Å². The van der Waals surface area contributed by atoms with Gasteiger partial charge in [-0.05, 0) is 19.1 Å². The van der Waals surface area contributed by atoms with Gasteiger partial charge in [0.1, 0.15) is 5.75 Å². The zero-order valence-electron chi connectivity index (χ0n) is 10.6. The minimum absolute atomic E-state index is 0.